The third-order valence-electron chi connectivity index (χ3n) is 5.32. The summed E-state index contributed by atoms with van der Waals surface area (Å²) in [4.78, 5) is 8.01. The molecular weight excluding hydrogens is 360 g/mol. The van der Waals surface area contributed by atoms with Gasteiger partial charge >= 0.3 is 0 Å². The maximum Gasteiger partial charge on any atom is 0.201 e. The standard InChI is InChI=1S/C24H24N4O/c1-2-7-20(8-3-1)29-21-12-9-17(10-13-21)16-25-24-27-22-14-11-19(15-23(22)28-24)26-18-5-4-6-18/h1-3,7-15,18,26H,4-6,16H2,(H2,25,27,28). The number of aromatic nitrogens is 2. The molecular formula is C24H24N4O. The van der Waals surface area contributed by atoms with Gasteiger partial charge in [0.25, 0.3) is 0 Å². The van der Waals surface area contributed by atoms with Crippen LogP contribution in [0.4, 0.5) is 11.6 Å². The van der Waals surface area contributed by atoms with Gasteiger partial charge in [0, 0.05) is 18.3 Å². The van der Waals surface area contributed by atoms with Gasteiger partial charge in [-0.05, 0) is 67.3 Å². The van der Waals surface area contributed by atoms with E-state index in [1.807, 2.05) is 42.5 Å². The lowest BCUT2D eigenvalue weighted by Crippen LogP contribution is -2.26. The second kappa shape index (κ2) is 7.87. The van der Waals surface area contributed by atoms with E-state index in [4.69, 9.17) is 4.74 Å². The molecule has 0 amide bonds. The molecule has 0 atom stereocenters. The molecule has 5 rings (SSSR count). The maximum atomic E-state index is 5.84. The molecule has 0 bridgehead atoms. The van der Waals surface area contributed by atoms with E-state index < -0.39 is 0 Å². The molecule has 1 aromatic heterocycles. The number of para-hydroxylation sites is 1. The first-order valence-electron chi connectivity index (χ1n) is 10.1. The quantitative estimate of drug-likeness (QED) is 0.369. The summed E-state index contributed by atoms with van der Waals surface area (Å²) >= 11 is 0. The fourth-order valence-electron chi connectivity index (χ4n) is 3.46. The molecule has 3 N–H and O–H groups in total. The molecule has 146 valence electrons. The molecule has 3 aromatic carbocycles. The van der Waals surface area contributed by atoms with E-state index in [1.165, 1.54) is 24.8 Å². The molecule has 0 unspecified atom stereocenters. The molecule has 1 aliphatic rings. The fourth-order valence-corrected chi connectivity index (χ4v) is 3.46. The van der Waals surface area contributed by atoms with Crippen molar-refractivity contribution in [2.24, 2.45) is 0 Å². The molecule has 0 radical (unpaired) electrons. The second-order valence-corrected chi connectivity index (χ2v) is 7.50. The van der Waals surface area contributed by atoms with Crippen LogP contribution in [-0.4, -0.2) is 16.0 Å². The smallest absolute Gasteiger partial charge is 0.201 e. The number of imidazole rings is 1. The lowest BCUT2D eigenvalue weighted by atomic mass is 9.93. The number of anilines is 2. The van der Waals surface area contributed by atoms with Crippen LogP contribution in [0.5, 0.6) is 11.5 Å². The molecule has 5 heteroatoms. The molecule has 0 saturated heterocycles. The number of hydrogen-bond donors (Lipinski definition) is 3. The zero-order chi connectivity index (χ0) is 19.5. The predicted octanol–water partition coefficient (Wildman–Crippen LogP) is 5.93. The number of benzene rings is 3. The topological polar surface area (TPSA) is 62.0 Å². The third kappa shape index (κ3) is 4.19. The average Bonchev–Trinajstić information content (AvgIpc) is 3.13. The van der Waals surface area contributed by atoms with Gasteiger partial charge in [0.2, 0.25) is 5.95 Å². The largest absolute Gasteiger partial charge is 0.457 e. The molecule has 1 fully saturated rings. The van der Waals surface area contributed by atoms with Crippen LogP contribution in [0, 0.1) is 0 Å². The summed E-state index contributed by atoms with van der Waals surface area (Å²) in [6.45, 7) is 0.693. The second-order valence-electron chi connectivity index (χ2n) is 7.50. The average molecular weight is 384 g/mol. The van der Waals surface area contributed by atoms with Crippen molar-refractivity contribution in [3.8, 4) is 11.5 Å². The van der Waals surface area contributed by atoms with Crippen LogP contribution in [0.25, 0.3) is 11.0 Å². The predicted molar refractivity (Wildman–Crippen MR) is 118 cm³/mol. The fraction of sp³-hybridized carbons (Fsp3) is 0.208. The Morgan fingerprint density at radius 2 is 1.72 bits per heavy atom. The van der Waals surface area contributed by atoms with E-state index in [0.717, 1.165) is 34.2 Å². The van der Waals surface area contributed by atoms with Crippen molar-refractivity contribution in [3.05, 3.63) is 78.4 Å². The normalized spacial score (nSPS) is 13.8. The minimum Gasteiger partial charge on any atom is -0.457 e. The molecule has 0 aliphatic heterocycles. The maximum absolute atomic E-state index is 5.84. The lowest BCUT2D eigenvalue weighted by Gasteiger charge is -2.27. The van der Waals surface area contributed by atoms with Crippen LogP contribution in [0.2, 0.25) is 0 Å². The van der Waals surface area contributed by atoms with Crippen LogP contribution in [-0.2, 0) is 6.54 Å². The molecule has 1 aliphatic carbocycles. The van der Waals surface area contributed by atoms with Gasteiger partial charge in [-0.2, -0.15) is 0 Å². The highest BCUT2D eigenvalue weighted by atomic mass is 16.5. The van der Waals surface area contributed by atoms with E-state index in [-0.39, 0.29) is 0 Å². The van der Waals surface area contributed by atoms with E-state index in [9.17, 15) is 0 Å². The Hall–Kier alpha value is -3.47. The number of aromatic amines is 1. The summed E-state index contributed by atoms with van der Waals surface area (Å²) < 4.78 is 5.84. The van der Waals surface area contributed by atoms with Gasteiger partial charge < -0.3 is 20.4 Å². The summed E-state index contributed by atoms with van der Waals surface area (Å²) in [7, 11) is 0. The lowest BCUT2D eigenvalue weighted by molar-refractivity contribution is 0.445. The van der Waals surface area contributed by atoms with Crippen molar-refractivity contribution in [3.63, 3.8) is 0 Å². The Bertz CT molecular complexity index is 1090. The van der Waals surface area contributed by atoms with Crippen molar-refractivity contribution in [1.82, 2.24) is 9.97 Å². The third-order valence-corrected chi connectivity index (χ3v) is 5.32. The molecule has 0 spiro atoms. The number of nitrogens with zero attached hydrogens (tertiary/aromatic N) is 1. The molecule has 1 heterocycles. The molecule has 4 aromatic rings. The minimum atomic E-state index is 0.627. The number of ether oxygens (including phenoxy) is 1. The Morgan fingerprint density at radius 3 is 2.48 bits per heavy atom. The van der Waals surface area contributed by atoms with E-state index in [1.54, 1.807) is 0 Å². The summed E-state index contributed by atoms with van der Waals surface area (Å²) in [6, 6.07) is 24.8. The highest BCUT2D eigenvalue weighted by Crippen LogP contribution is 2.26. The number of hydrogen-bond acceptors (Lipinski definition) is 4. The van der Waals surface area contributed by atoms with E-state index in [2.05, 4.69) is 50.9 Å². The SMILES string of the molecule is c1ccc(Oc2ccc(CNc3nc4ccc(NC5CCC5)cc4[nH]3)cc2)cc1. The number of rotatable bonds is 7. The summed E-state index contributed by atoms with van der Waals surface area (Å²) in [6.07, 6.45) is 3.86. The zero-order valence-corrected chi connectivity index (χ0v) is 16.2. The summed E-state index contributed by atoms with van der Waals surface area (Å²) in [5.74, 6) is 2.45. The van der Waals surface area contributed by atoms with Crippen LogP contribution in [0.1, 0.15) is 24.8 Å². The zero-order valence-electron chi connectivity index (χ0n) is 16.2. The monoisotopic (exact) mass is 384 g/mol. The number of nitrogens with one attached hydrogen (secondary N) is 3. The molecule has 1 saturated carbocycles. The highest BCUT2D eigenvalue weighted by molar-refractivity contribution is 5.81. The first-order valence-corrected chi connectivity index (χ1v) is 10.1. The number of fused-ring (bicyclic) bond motifs is 1. The summed E-state index contributed by atoms with van der Waals surface area (Å²) in [5.41, 5.74) is 4.34. The first-order chi connectivity index (χ1) is 14.3. The Labute approximate surface area is 170 Å². The highest BCUT2D eigenvalue weighted by Gasteiger charge is 2.17. The van der Waals surface area contributed by atoms with E-state index >= 15 is 0 Å². The van der Waals surface area contributed by atoms with Gasteiger partial charge in [-0.3, -0.25) is 0 Å². The van der Waals surface area contributed by atoms with Crippen LogP contribution >= 0.6 is 0 Å². The summed E-state index contributed by atoms with van der Waals surface area (Å²) in [5, 5.41) is 6.95. The molecule has 29 heavy (non-hydrogen) atoms. The van der Waals surface area contributed by atoms with Gasteiger partial charge in [0.05, 0.1) is 11.0 Å². The minimum absolute atomic E-state index is 0.627. The first kappa shape index (κ1) is 17.6. The number of H-pyrrole nitrogens is 1. The van der Waals surface area contributed by atoms with Gasteiger partial charge in [-0.15, -0.1) is 0 Å². The Morgan fingerprint density at radius 1 is 0.931 bits per heavy atom. The van der Waals surface area contributed by atoms with Gasteiger partial charge in [0.15, 0.2) is 0 Å². The van der Waals surface area contributed by atoms with Crippen LogP contribution in [0.15, 0.2) is 72.8 Å². The van der Waals surface area contributed by atoms with Crippen molar-refractivity contribution in [2.75, 3.05) is 10.6 Å². The van der Waals surface area contributed by atoms with Gasteiger partial charge in [-0.1, -0.05) is 30.3 Å². The Balaban J connectivity index is 1.20. The van der Waals surface area contributed by atoms with Crippen LogP contribution in [0.3, 0.4) is 0 Å². The van der Waals surface area contributed by atoms with Crippen LogP contribution < -0.4 is 15.4 Å². The van der Waals surface area contributed by atoms with Crippen molar-refractivity contribution in [2.45, 2.75) is 31.8 Å². The van der Waals surface area contributed by atoms with Crippen molar-refractivity contribution in [1.29, 1.82) is 0 Å². The van der Waals surface area contributed by atoms with Crippen molar-refractivity contribution < 1.29 is 4.74 Å². The molecule has 5 nitrogen and oxygen atoms in total. The Kier molecular flexibility index (Phi) is 4.78. The van der Waals surface area contributed by atoms with Crippen molar-refractivity contribution >= 4 is 22.7 Å². The van der Waals surface area contributed by atoms with Gasteiger partial charge in [0.1, 0.15) is 11.5 Å². The van der Waals surface area contributed by atoms with E-state index in [0.29, 0.717) is 12.6 Å². The van der Waals surface area contributed by atoms with Gasteiger partial charge in [-0.25, -0.2) is 4.98 Å².